The van der Waals surface area contributed by atoms with Crippen molar-refractivity contribution in [3.8, 4) is 0 Å². The van der Waals surface area contributed by atoms with Crippen LogP contribution < -0.4 is 5.14 Å². The molecule has 2 N–H and O–H groups in total. The Morgan fingerprint density at radius 3 is 2.33 bits per heavy atom. The first-order valence-electron chi connectivity index (χ1n) is 4.48. The van der Waals surface area contributed by atoms with Crippen LogP contribution in [0, 0.1) is 0 Å². The maximum absolute atomic E-state index is 11.1. The van der Waals surface area contributed by atoms with Gasteiger partial charge < -0.3 is 0 Å². The maximum atomic E-state index is 11.1. The summed E-state index contributed by atoms with van der Waals surface area (Å²) in [5.74, 6) is -0.121. The van der Waals surface area contributed by atoms with Crippen molar-refractivity contribution in [2.75, 3.05) is 5.75 Å². The van der Waals surface area contributed by atoms with Gasteiger partial charge in [0.1, 0.15) is 0 Å². The third-order valence-corrected chi connectivity index (χ3v) is 3.62. The number of primary sulfonamides is 1. The van der Waals surface area contributed by atoms with Crippen LogP contribution in [0.4, 0.5) is 0 Å². The number of benzene rings is 1. The predicted octanol–water partition coefficient (Wildman–Crippen LogP) is 1.91. The van der Waals surface area contributed by atoms with E-state index in [9.17, 15) is 8.42 Å². The van der Waals surface area contributed by atoms with Crippen LogP contribution in [0.2, 0.25) is 5.02 Å². The summed E-state index contributed by atoms with van der Waals surface area (Å²) in [6.07, 6.45) is 0. The Labute approximate surface area is 95.3 Å². The summed E-state index contributed by atoms with van der Waals surface area (Å²) in [4.78, 5) is 0. The third-order valence-electron chi connectivity index (χ3n) is 2.17. The van der Waals surface area contributed by atoms with Gasteiger partial charge in [0.25, 0.3) is 0 Å². The Balaban J connectivity index is 3.12. The molecule has 0 spiro atoms. The molecule has 3 nitrogen and oxygen atoms in total. The van der Waals surface area contributed by atoms with Crippen LogP contribution >= 0.6 is 11.6 Å². The molecule has 1 aromatic carbocycles. The van der Waals surface area contributed by atoms with Gasteiger partial charge in [-0.05, 0) is 11.6 Å². The van der Waals surface area contributed by atoms with E-state index in [1.54, 1.807) is 26.0 Å². The fourth-order valence-corrected chi connectivity index (χ4v) is 3.14. The molecule has 15 heavy (non-hydrogen) atoms. The maximum Gasteiger partial charge on any atom is 0.209 e. The van der Waals surface area contributed by atoms with Crippen LogP contribution in [-0.2, 0) is 15.4 Å². The van der Waals surface area contributed by atoms with Crippen molar-refractivity contribution in [1.82, 2.24) is 0 Å². The van der Waals surface area contributed by atoms with E-state index in [1.165, 1.54) is 0 Å². The zero-order chi connectivity index (χ0) is 11.7. The minimum absolute atomic E-state index is 0.121. The van der Waals surface area contributed by atoms with Gasteiger partial charge in [-0.15, -0.1) is 0 Å². The van der Waals surface area contributed by atoms with Crippen molar-refractivity contribution < 1.29 is 8.42 Å². The molecule has 1 aromatic rings. The summed E-state index contributed by atoms with van der Waals surface area (Å²) in [5, 5.41) is 5.60. The quantitative estimate of drug-likeness (QED) is 0.887. The molecule has 0 aliphatic carbocycles. The Kier molecular flexibility index (Phi) is 3.43. The summed E-state index contributed by atoms with van der Waals surface area (Å²) in [7, 11) is -3.51. The Hall–Kier alpha value is -0.580. The van der Waals surface area contributed by atoms with E-state index in [2.05, 4.69) is 0 Å². The lowest BCUT2D eigenvalue weighted by atomic mass is 9.87. The molecule has 0 saturated heterocycles. The smallest absolute Gasteiger partial charge is 0.209 e. The normalized spacial score (nSPS) is 12.8. The number of rotatable bonds is 3. The van der Waals surface area contributed by atoms with Gasteiger partial charge in [-0.1, -0.05) is 43.6 Å². The molecule has 0 aromatic heterocycles. The van der Waals surface area contributed by atoms with E-state index >= 15 is 0 Å². The topological polar surface area (TPSA) is 60.2 Å². The van der Waals surface area contributed by atoms with Gasteiger partial charge in [-0.25, -0.2) is 13.6 Å². The molecule has 0 bridgehead atoms. The number of sulfonamides is 1. The lowest BCUT2D eigenvalue weighted by Crippen LogP contribution is -2.32. The second kappa shape index (κ2) is 4.12. The molecule has 84 valence electrons. The number of nitrogens with two attached hydrogens (primary N) is 1. The molecular formula is C10H14ClNO2S. The average Bonchev–Trinajstić information content (AvgIpc) is 1.99. The standard InChI is InChI=1S/C10H14ClNO2S/c1-10(2,7-15(12,13)14)8-5-3-4-6-9(8)11/h3-6H,7H2,1-2H3,(H2,12,13,14). The van der Waals surface area contributed by atoms with E-state index in [0.717, 1.165) is 5.56 Å². The van der Waals surface area contributed by atoms with Gasteiger partial charge >= 0.3 is 0 Å². The van der Waals surface area contributed by atoms with Crippen molar-refractivity contribution in [2.45, 2.75) is 19.3 Å². The van der Waals surface area contributed by atoms with E-state index in [4.69, 9.17) is 16.7 Å². The first-order valence-corrected chi connectivity index (χ1v) is 6.57. The molecule has 0 amide bonds. The molecule has 0 aliphatic heterocycles. The molecular weight excluding hydrogens is 234 g/mol. The van der Waals surface area contributed by atoms with Gasteiger partial charge in [-0.3, -0.25) is 0 Å². The minimum Gasteiger partial charge on any atom is -0.229 e. The van der Waals surface area contributed by atoms with Gasteiger partial charge in [0.15, 0.2) is 0 Å². The molecule has 0 heterocycles. The zero-order valence-electron chi connectivity index (χ0n) is 8.70. The first-order chi connectivity index (χ1) is 6.72. The Morgan fingerprint density at radius 1 is 1.33 bits per heavy atom. The van der Waals surface area contributed by atoms with Crippen molar-refractivity contribution >= 4 is 21.6 Å². The average molecular weight is 248 g/mol. The summed E-state index contributed by atoms with van der Waals surface area (Å²) in [5.41, 5.74) is 0.215. The third kappa shape index (κ3) is 3.48. The van der Waals surface area contributed by atoms with E-state index in [0.29, 0.717) is 5.02 Å². The van der Waals surface area contributed by atoms with E-state index < -0.39 is 15.4 Å². The fourth-order valence-electron chi connectivity index (χ4n) is 1.59. The van der Waals surface area contributed by atoms with Crippen LogP contribution in [-0.4, -0.2) is 14.2 Å². The van der Waals surface area contributed by atoms with Gasteiger partial charge in [-0.2, -0.15) is 0 Å². The molecule has 0 atom stereocenters. The molecule has 0 aliphatic rings. The largest absolute Gasteiger partial charge is 0.229 e. The number of hydrogen-bond donors (Lipinski definition) is 1. The van der Waals surface area contributed by atoms with Gasteiger partial charge in [0.2, 0.25) is 10.0 Å². The fraction of sp³-hybridized carbons (Fsp3) is 0.400. The Bertz CT molecular complexity index is 454. The summed E-state index contributed by atoms with van der Waals surface area (Å²) < 4.78 is 22.1. The van der Waals surface area contributed by atoms with Gasteiger partial charge in [0, 0.05) is 10.4 Å². The number of hydrogen-bond acceptors (Lipinski definition) is 2. The Morgan fingerprint density at radius 2 is 1.87 bits per heavy atom. The number of halogens is 1. The SMILES string of the molecule is CC(C)(CS(N)(=O)=O)c1ccccc1Cl. The zero-order valence-corrected chi connectivity index (χ0v) is 10.3. The first kappa shape index (κ1) is 12.5. The molecule has 1 rings (SSSR count). The highest BCUT2D eigenvalue weighted by Crippen LogP contribution is 2.30. The molecule has 0 unspecified atom stereocenters. The van der Waals surface area contributed by atoms with Crippen LogP contribution in [0.3, 0.4) is 0 Å². The van der Waals surface area contributed by atoms with Crippen molar-refractivity contribution in [3.05, 3.63) is 34.9 Å². The second-order valence-corrected chi connectivity index (χ2v) is 6.19. The van der Waals surface area contributed by atoms with Crippen molar-refractivity contribution in [1.29, 1.82) is 0 Å². The summed E-state index contributed by atoms with van der Waals surface area (Å²) in [6, 6.07) is 7.18. The second-order valence-electron chi connectivity index (χ2n) is 4.17. The molecule has 0 radical (unpaired) electrons. The highest BCUT2D eigenvalue weighted by Gasteiger charge is 2.27. The highest BCUT2D eigenvalue weighted by atomic mass is 35.5. The lowest BCUT2D eigenvalue weighted by molar-refractivity contribution is 0.549. The minimum atomic E-state index is -3.51. The van der Waals surface area contributed by atoms with Gasteiger partial charge in [0.05, 0.1) is 5.75 Å². The van der Waals surface area contributed by atoms with Crippen molar-refractivity contribution in [2.24, 2.45) is 5.14 Å². The van der Waals surface area contributed by atoms with Crippen LogP contribution in [0.1, 0.15) is 19.4 Å². The molecule has 5 heteroatoms. The summed E-state index contributed by atoms with van der Waals surface area (Å²) >= 11 is 6.00. The van der Waals surface area contributed by atoms with Crippen LogP contribution in [0.5, 0.6) is 0 Å². The highest BCUT2D eigenvalue weighted by molar-refractivity contribution is 7.89. The van der Waals surface area contributed by atoms with Crippen molar-refractivity contribution in [3.63, 3.8) is 0 Å². The van der Waals surface area contributed by atoms with Crippen LogP contribution in [0.15, 0.2) is 24.3 Å². The lowest BCUT2D eigenvalue weighted by Gasteiger charge is -2.24. The molecule has 0 fully saturated rings. The van der Waals surface area contributed by atoms with E-state index in [-0.39, 0.29) is 5.75 Å². The van der Waals surface area contributed by atoms with E-state index in [1.807, 2.05) is 12.1 Å². The molecule has 0 saturated carbocycles. The summed E-state index contributed by atoms with van der Waals surface area (Å²) in [6.45, 7) is 3.61. The van der Waals surface area contributed by atoms with Crippen LogP contribution in [0.25, 0.3) is 0 Å². The monoisotopic (exact) mass is 247 g/mol. The predicted molar refractivity (Wildman–Crippen MR) is 62.5 cm³/mol.